The molecule has 0 aliphatic carbocycles. The van der Waals surface area contributed by atoms with Crippen molar-refractivity contribution < 1.29 is 13.9 Å². The molecule has 0 saturated carbocycles. The quantitative estimate of drug-likeness (QED) is 0.518. The Kier molecular flexibility index (Phi) is 7.11. The molecule has 1 aromatic heterocycles. The van der Waals surface area contributed by atoms with Crippen LogP contribution in [0.15, 0.2) is 48.5 Å². The van der Waals surface area contributed by atoms with E-state index in [1.165, 1.54) is 12.1 Å². The van der Waals surface area contributed by atoms with Gasteiger partial charge in [-0.1, -0.05) is 29.8 Å². The fourth-order valence-corrected chi connectivity index (χ4v) is 3.40. The largest absolute Gasteiger partial charge is 0.493 e. The van der Waals surface area contributed by atoms with Gasteiger partial charge in [0.25, 0.3) is 0 Å². The van der Waals surface area contributed by atoms with Gasteiger partial charge < -0.3 is 9.64 Å². The molecule has 5 nitrogen and oxygen atoms in total. The molecule has 3 aromatic rings. The van der Waals surface area contributed by atoms with Crippen molar-refractivity contribution in [2.24, 2.45) is 0 Å². The number of nitrogens with zero attached hydrogens (tertiary/aromatic N) is 3. The second-order valence-corrected chi connectivity index (χ2v) is 7.61. The first-order valence-corrected chi connectivity index (χ1v) is 10.1. The van der Waals surface area contributed by atoms with Gasteiger partial charge in [-0.2, -0.15) is 5.10 Å². The van der Waals surface area contributed by atoms with E-state index in [-0.39, 0.29) is 24.8 Å². The Morgan fingerprint density at radius 3 is 2.57 bits per heavy atom. The van der Waals surface area contributed by atoms with Gasteiger partial charge >= 0.3 is 0 Å². The number of benzene rings is 2. The third-order valence-electron chi connectivity index (χ3n) is 5.03. The van der Waals surface area contributed by atoms with E-state index in [0.717, 1.165) is 22.5 Å². The zero-order valence-corrected chi connectivity index (χ0v) is 18.1. The molecule has 0 bridgehead atoms. The third-order valence-corrected chi connectivity index (χ3v) is 5.40. The molecule has 0 unspecified atom stereocenters. The molecule has 1 heterocycles. The van der Waals surface area contributed by atoms with Crippen LogP contribution in [-0.2, 0) is 17.9 Å². The smallest absolute Gasteiger partial charge is 0.226 e. The predicted octanol–water partition coefficient (Wildman–Crippen LogP) is 4.77. The highest BCUT2D eigenvalue weighted by atomic mass is 35.5. The fourth-order valence-electron chi connectivity index (χ4n) is 3.21. The molecule has 0 spiro atoms. The molecular formula is C23H25ClFN3O2. The first kappa shape index (κ1) is 21.8. The van der Waals surface area contributed by atoms with Crippen LogP contribution >= 0.6 is 11.6 Å². The Morgan fingerprint density at radius 2 is 1.87 bits per heavy atom. The summed E-state index contributed by atoms with van der Waals surface area (Å²) in [6, 6.07) is 13.4. The van der Waals surface area contributed by atoms with Crippen molar-refractivity contribution >= 4 is 17.5 Å². The molecule has 7 heteroatoms. The van der Waals surface area contributed by atoms with Gasteiger partial charge in [0.2, 0.25) is 5.91 Å². The molecule has 3 rings (SSSR count). The molecule has 1 amide bonds. The summed E-state index contributed by atoms with van der Waals surface area (Å²) in [6.07, 6.45) is 0.236. The van der Waals surface area contributed by atoms with Crippen LogP contribution < -0.4 is 4.74 Å². The minimum atomic E-state index is -0.320. The topological polar surface area (TPSA) is 47.4 Å². The van der Waals surface area contributed by atoms with Crippen molar-refractivity contribution in [3.63, 3.8) is 0 Å². The lowest BCUT2D eigenvalue weighted by atomic mass is 10.1. The van der Waals surface area contributed by atoms with E-state index in [9.17, 15) is 9.18 Å². The maximum atomic E-state index is 12.9. The lowest BCUT2D eigenvalue weighted by Gasteiger charge is -2.18. The third kappa shape index (κ3) is 5.39. The molecule has 0 saturated heterocycles. The summed E-state index contributed by atoms with van der Waals surface area (Å²) in [5.74, 6) is 0.188. The first-order valence-electron chi connectivity index (χ1n) is 9.73. The van der Waals surface area contributed by atoms with E-state index in [1.807, 2.05) is 42.8 Å². The molecule has 0 fully saturated rings. The zero-order valence-electron chi connectivity index (χ0n) is 17.4. The number of amides is 1. The summed E-state index contributed by atoms with van der Waals surface area (Å²) >= 11 is 6.28. The van der Waals surface area contributed by atoms with Gasteiger partial charge in [0.05, 0.1) is 25.3 Å². The zero-order chi connectivity index (χ0) is 21.7. The maximum Gasteiger partial charge on any atom is 0.226 e. The number of hydrogen-bond acceptors (Lipinski definition) is 3. The van der Waals surface area contributed by atoms with E-state index in [0.29, 0.717) is 23.9 Å². The molecule has 158 valence electrons. The molecule has 0 aliphatic heterocycles. The highest BCUT2D eigenvalue weighted by molar-refractivity contribution is 6.31. The van der Waals surface area contributed by atoms with Gasteiger partial charge in [-0.3, -0.25) is 9.48 Å². The lowest BCUT2D eigenvalue weighted by Crippen LogP contribution is -2.28. The van der Waals surface area contributed by atoms with Gasteiger partial charge in [0, 0.05) is 29.9 Å². The van der Waals surface area contributed by atoms with Crippen molar-refractivity contribution in [2.45, 2.75) is 33.4 Å². The highest BCUT2D eigenvalue weighted by Gasteiger charge is 2.17. The van der Waals surface area contributed by atoms with Gasteiger partial charge in [0.1, 0.15) is 11.6 Å². The van der Waals surface area contributed by atoms with Gasteiger partial charge in [-0.05, 0) is 49.7 Å². The fraction of sp³-hybridized carbons (Fsp3) is 0.304. The monoisotopic (exact) mass is 429 g/mol. The average Bonchev–Trinajstić information content (AvgIpc) is 2.98. The van der Waals surface area contributed by atoms with E-state index in [1.54, 1.807) is 24.1 Å². The second kappa shape index (κ2) is 9.76. The molecule has 2 aromatic carbocycles. The van der Waals surface area contributed by atoms with Crippen LogP contribution in [0.5, 0.6) is 5.75 Å². The van der Waals surface area contributed by atoms with E-state index in [4.69, 9.17) is 16.3 Å². The highest BCUT2D eigenvalue weighted by Crippen LogP contribution is 2.20. The van der Waals surface area contributed by atoms with Crippen LogP contribution in [0.1, 0.15) is 28.9 Å². The second-order valence-electron chi connectivity index (χ2n) is 7.20. The van der Waals surface area contributed by atoms with E-state index >= 15 is 0 Å². The first-order chi connectivity index (χ1) is 14.3. The summed E-state index contributed by atoms with van der Waals surface area (Å²) in [5.41, 5.74) is 3.92. The number of carbonyl (C=O) groups excluding carboxylic acids is 1. The van der Waals surface area contributed by atoms with Crippen molar-refractivity contribution in [1.29, 1.82) is 0 Å². The summed E-state index contributed by atoms with van der Waals surface area (Å²) in [5, 5.41) is 5.34. The van der Waals surface area contributed by atoms with Crippen molar-refractivity contribution in [3.8, 4) is 5.75 Å². The van der Waals surface area contributed by atoms with Gasteiger partial charge in [-0.15, -0.1) is 0 Å². The van der Waals surface area contributed by atoms with Gasteiger partial charge in [0.15, 0.2) is 0 Å². The summed E-state index contributed by atoms with van der Waals surface area (Å²) in [7, 11) is 1.77. The van der Waals surface area contributed by atoms with Crippen molar-refractivity contribution in [1.82, 2.24) is 14.7 Å². The van der Waals surface area contributed by atoms with Crippen LogP contribution in [-0.4, -0.2) is 34.2 Å². The molecular weight excluding hydrogens is 405 g/mol. The van der Waals surface area contributed by atoms with Crippen LogP contribution in [0.2, 0.25) is 5.02 Å². The van der Waals surface area contributed by atoms with Crippen LogP contribution in [0.4, 0.5) is 4.39 Å². The number of ether oxygens (including phenoxy) is 1. The van der Waals surface area contributed by atoms with Crippen LogP contribution in [0.3, 0.4) is 0 Å². The molecule has 0 aliphatic rings. The number of carbonyl (C=O) groups is 1. The summed E-state index contributed by atoms with van der Waals surface area (Å²) in [6.45, 7) is 5.23. The average molecular weight is 430 g/mol. The minimum Gasteiger partial charge on any atom is -0.493 e. The standard InChI is InChI=1S/C23H25ClFN3O2/c1-16-21(17(2)28(26-16)14-18-6-4-5-7-22(18)24)15-27(3)23(29)12-13-30-20-10-8-19(25)9-11-20/h4-11H,12-15H2,1-3H3. The summed E-state index contributed by atoms with van der Waals surface area (Å²) < 4.78 is 20.4. The predicted molar refractivity (Wildman–Crippen MR) is 115 cm³/mol. The number of halogens is 2. The summed E-state index contributed by atoms with van der Waals surface area (Å²) in [4.78, 5) is 14.2. The number of hydrogen-bond donors (Lipinski definition) is 0. The van der Waals surface area contributed by atoms with Gasteiger partial charge in [-0.25, -0.2) is 4.39 Å². The molecule has 0 radical (unpaired) electrons. The maximum absolute atomic E-state index is 12.9. The number of aromatic nitrogens is 2. The number of rotatable bonds is 8. The SMILES string of the molecule is Cc1nn(Cc2ccccc2Cl)c(C)c1CN(C)C(=O)CCOc1ccc(F)cc1. The van der Waals surface area contributed by atoms with E-state index < -0.39 is 0 Å². The Bertz CT molecular complexity index is 1020. The Morgan fingerprint density at radius 1 is 1.17 bits per heavy atom. The lowest BCUT2D eigenvalue weighted by molar-refractivity contribution is -0.130. The molecule has 30 heavy (non-hydrogen) atoms. The normalized spacial score (nSPS) is 10.8. The Balaban J connectivity index is 1.58. The van der Waals surface area contributed by atoms with Crippen LogP contribution in [0.25, 0.3) is 0 Å². The Hall–Kier alpha value is -2.86. The number of aryl methyl sites for hydroxylation is 1. The molecule has 0 N–H and O–H groups in total. The minimum absolute atomic E-state index is 0.0326. The van der Waals surface area contributed by atoms with E-state index in [2.05, 4.69) is 5.10 Å². The van der Waals surface area contributed by atoms with Crippen molar-refractivity contribution in [3.05, 3.63) is 81.9 Å². The van der Waals surface area contributed by atoms with Crippen LogP contribution in [0, 0.1) is 19.7 Å². The van der Waals surface area contributed by atoms with Crippen molar-refractivity contribution in [2.75, 3.05) is 13.7 Å². The Labute approximate surface area is 181 Å². The molecule has 0 atom stereocenters.